The lowest BCUT2D eigenvalue weighted by Gasteiger charge is -2.43. The number of hydrogen-bond acceptors (Lipinski definition) is 4. The number of carbonyl (C=O) groups is 1. The van der Waals surface area contributed by atoms with Crippen LogP contribution in [0.3, 0.4) is 0 Å². The molecule has 0 radical (unpaired) electrons. The van der Waals surface area contributed by atoms with Gasteiger partial charge in [-0.3, -0.25) is 14.4 Å². The summed E-state index contributed by atoms with van der Waals surface area (Å²) in [5, 5.41) is 11.2. The van der Waals surface area contributed by atoms with E-state index >= 15 is 0 Å². The minimum absolute atomic E-state index is 0.00118. The molecule has 0 bridgehead atoms. The number of amides is 1. The SMILES string of the molecule is Cc1c(NC(=O)CN2CCCCC[C@@H]3N[C@H](Cc4ccccc4)C[C@@]32C)cnn1C. The molecule has 4 rings (SSSR count). The fourth-order valence-electron chi connectivity index (χ4n) is 5.27. The smallest absolute Gasteiger partial charge is 0.238 e. The van der Waals surface area contributed by atoms with Crippen molar-refractivity contribution < 1.29 is 4.79 Å². The van der Waals surface area contributed by atoms with E-state index in [2.05, 4.69) is 57.9 Å². The summed E-state index contributed by atoms with van der Waals surface area (Å²) in [5.41, 5.74) is 3.17. The van der Waals surface area contributed by atoms with Gasteiger partial charge in [-0.05, 0) is 51.6 Å². The van der Waals surface area contributed by atoms with E-state index in [9.17, 15) is 4.79 Å². The quantitative estimate of drug-likeness (QED) is 0.796. The van der Waals surface area contributed by atoms with Gasteiger partial charge in [0.25, 0.3) is 0 Å². The van der Waals surface area contributed by atoms with E-state index in [1.165, 1.54) is 24.8 Å². The van der Waals surface area contributed by atoms with Crippen molar-refractivity contribution in [2.75, 3.05) is 18.4 Å². The molecule has 1 aromatic carbocycles. The molecule has 1 aromatic heterocycles. The van der Waals surface area contributed by atoms with Gasteiger partial charge < -0.3 is 10.6 Å². The van der Waals surface area contributed by atoms with Gasteiger partial charge in [0.15, 0.2) is 0 Å². The predicted octanol–water partition coefficient (Wildman–Crippen LogP) is 3.27. The molecule has 1 amide bonds. The van der Waals surface area contributed by atoms with Crippen molar-refractivity contribution in [1.29, 1.82) is 0 Å². The van der Waals surface area contributed by atoms with Crippen LogP contribution in [0.1, 0.15) is 50.3 Å². The normalized spacial score (nSPS) is 27.3. The van der Waals surface area contributed by atoms with Crippen molar-refractivity contribution >= 4 is 11.6 Å². The number of nitrogens with one attached hydrogen (secondary N) is 2. The van der Waals surface area contributed by atoms with Crippen LogP contribution in [0.5, 0.6) is 0 Å². The van der Waals surface area contributed by atoms with Crippen LogP contribution in [0.15, 0.2) is 36.5 Å². The Balaban J connectivity index is 1.47. The highest BCUT2D eigenvalue weighted by atomic mass is 16.2. The highest BCUT2D eigenvalue weighted by Gasteiger charge is 2.47. The lowest BCUT2D eigenvalue weighted by Crippen LogP contribution is -2.57. The van der Waals surface area contributed by atoms with Crippen LogP contribution >= 0.6 is 0 Å². The maximum atomic E-state index is 12.9. The first-order valence-electron chi connectivity index (χ1n) is 11.3. The van der Waals surface area contributed by atoms with Gasteiger partial charge in [0.2, 0.25) is 5.91 Å². The number of nitrogens with zero attached hydrogens (tertiary/aromatic N) is 3. The Labute approximate surface area is 180 Å². The van der Waals surface area contributed by atoms with Gasteiger partial charge in [-0.1, -0.05) is 43.2 Å². The maximum Gasteiger partial charge on any atom is 0.238 e. The molecule has 6 heteroatoms. The Morgan fingerprint density at radius 3 is 2.80 bits per heavy atom. The average Bonchev–Trinajstić information content (AvgIpc) is 3.20. The Morgan fingerprint density at radius 1 is 1.27 bits per heavy atom. The van der Waals surface area contributed by atoms with Crippen LogP contribution in [-0.4, -0.2) is 51.3 Å². The number of fused-ring (bicyclic) bond motifs is 1. The number of likely N-dealkylation sites (tertiary alicyclic amines) is 1. The fraction of sp³-hybridized carbons (Fsp3) is 0.583. The van der Waals surface area contributed by atoms with E-state index in [1.807, 2.05) is 14.0 Å². The number of benzene rings is 1. The number of aromatic nitrogens is 2. The van der Waals surface area contributed by atoms with Crippen LogP contribution in [0, 0.1) is 6.92 Å². The van der Waals surface area contributed by atoms with Gasteiger partial charge in [0, 0.05) is 24.7 Å². The first-order valence-corrected chi connectivity index (χ1v) is 11.3. The molecule has 2 aromatic rings. The summed E-state index contributed by atoms with van der Waals surface area (Å²) in [6, 6.07) is 11.6. The summed E-state index contributed by atoms with van der Waals surface area (Å²) in [4.78, 5) is 15.4. The van der Waals surface area contributed by atoms with E-state index < -0.39 is 0 Å². The zero-order chi connectivity index (χ0) is 21.1. The molecule has 0 spiro atoms. The second kappa shape index (κ2) is 8.90. The summed E-state index contributed by atoms with van der Waals surface area (Å²) < 4.78 is 1.79. The zero-order valence-corrected chi connectivity index (χ0v) is 18.5. The molecule has 30 heavy (non-hydrogen) atoms. The molecule has 2 fully saturated rings. The molecule has 3 heterocycles. The molecular formula is C24H35N5O. The molecule has 162 valence electrons. The Hall–Kier alpha value is -2.18. The van der Waals surface area contributed by atoms with Crippen LogP contribution in [0.2, 0.25) is 0 Å². The Bertz CT molecular complexity index is 864. The third kappa shape index (κ3) is 4.44. The second-order valence-electron chi connectivity index (χ2n) is 9.25. The van der Waals surface area contributed by atoms with Crippen molar-refractivity contribution in [2.45, 2.75) is 70.0 Å². The van der Waals surface area contributed by atoms with Gasteiger partial charge in [-0.25, -0.2) is 0 Å². The minimum Gasteiger partial charge on any atom is -0.322 e. The maximum absolute atomic E-state index is 12.9. The van der Waals surface area contributed by atoms with Crippen molar-refractivity contribution in [3.8, 4) is 0 Å². The number of carbonyl (C=O) groups excluding carboxylic acids is 1. The minimum atomic E-state index is 0.00118. The molecule has 2 aliphatic rings. The molecule has 0 saturated carbocycles. The zero-order valence-electron chi connectivity index (χ0n) is 18.5. The van der Waals surface area contributed by atoms with Crippen molar-refractivity contribution in [2.24, 2.45) is 7.05 Å². The lowest BCUT2D eigenvalue weighted by atomic mass is 9.84. The Kier molecular flexibility index (Phi) is 6.25. The molecule has 6 nitrogen and oxygen atoms in total. The average molecular weight is 410 g/mol. The molecule has 2 aliphatic heterocycles. The van der Waals surface area contributed by atoms with E-state index in [-0.39, 0.29) is 11.4 Å². The third-order valence-electron chi connectivity index (χ3n) is 7.16. The summed E-state index contributed by atoms with van der Waals surface area (Å²) >= 11 is 0. The monoisotopic (exact) mass is 409 g/mol. The predicted molar refractivity (Wildman–Crippen MR) is 120 cm³/mol. The van der Waals surface area contributed by atoms with Gasteiger partial charge in [-0.15, -0.1) is 0 Å². The highest BCUT2D eigenvalue weighted by molar-refractivity contribution is 5.92. The van der Waals surface area contributed by atoms with Crippen LogP contribution in [-0.2, 0) is 18.3 Å². The van der Waals surface area contributed by atoms with Gasteiger partial charge in [-0.2, -0.15) is 5.10 Å². The number of anilines is 1. The fourth-order valence-corrected chi connectivity index (χ4v) is 5.27. The molecule has 2 N–H and O–H groups in total. The Morgan fingerprint density at radius 2 is 2.07 bits per heavy atom. The molecule has 0 unspecified atom stereocenters. The van der Waals surface area contributed by atoms with Gasteiger partial charge in [0.05, 0.1) is 24.1 Å². The largest absolute Gasteiger partial charge is 0.322 e. The summed E-state index contributed by atoms with van der Waals surface area (Å²) in [7, 11) is 1.89. The van der Waals surface area contributed by atoms with E-state index in [0.717, 1.165) is 37.2 Å². The first kappa shape index (κ1) is 21.1. The number of hydrogen-bond donors (Lipinski definition) is 2. The summed E-state index contributed by atoms with van der Waals surface area (Å²) in [6.07, 6.45) is 8.69. The molecule has 2 saturated heterocycles. The molecule has 3 atom stereocenters. The molecular weight excluding hydrogens is 374 g/mol. The van der Waals surface area contributed by atoms with E-state index in [0.29, 0.717) is 18.6 Å². The number of aryl methyl sites for hydroxylation is 1. The summed E-state index contributed by atoms with van der Waals surface area (Å²) in [6.45, 7) is 5.75. The first-order chi connectivity index (χ1) is 14.5. The van der Waals surface area contributed by atoms with Crippen molar-refractivity contribution in [3.63, 3.8) is 0 Å². The molecule has 0 aliphatic carbocycles. The van der Waals surface area contributed by atoms with Crippen molar-refractivity contribution in [3.05, 3.63) is 47.8 Å². The number of rotatable bonds is 5. The van der Waals surface area contributed by atoms with E-state index in [1.54, 1.807) is 10.9 Å². The summed E-state index contributed by atoms with van der Waals surface area (Å²) in [5.74, 6) is 0.0538. The standard InChI is InChI=1S/C24H35N5O/c1-18-21(16-25-28(18)3)27-23(30)17-29-13-9-5-8-12-22-24(29,2)15-20(26-22)14-19-10-6-4-7-11-19/h4,6-7,10-11,16,20,22,26H,5,8-9,12-15,17H2,1-3H3,(H,27,30)/t20-,22+,24+/m1/s1. The lowest BCUT2D eigenvalue weighted by molar-refractivity contribution is -0.119. The topological polar surface area (TPSA) is 62.2 Å². The van der Waals surface area contributed by atoms with E-state index in [4.69, 9.17) is 0 Å². The highest BCUT2D eigenvalue weighted by Crippen LogP contribution is 2.37. The van der Waals surface area contributed by atoms with Crippen molar-refractivity contribution in [1.82, 2.24) is 20.0 Å². The second-order valence-corrected chi connectivity index (χ2v) is 9.25. The van der Waals surface area contributed by atoms with Crippen LogP contribution < -0.4 is 10.6 Å². The van der Waals surface area contributed by atoms with Crippen LogP contribution in [0.25, 0.3) is 0 Å². The van der Waals surface area contributed by atoms with Gasteiger partial charge >= 0.3 is 0 Å². The van der Waals surface area contributed by atoms with Gasteiger partial charge in [0.1, 0.15) is 0 Å². The third-order valence-corrected chi connectivity index (χ3v) is 7.16. The van der Waals surface area contributed by atoms with Crippen LogP contribution in [0.4, 0.5) is 5.69 Å².